The molecule has 7 heteroatoms. The maximum Gasteiger partial charge on any atom is 0.433 e. The van der Waals surface area contributed by atoms with E-state index in [0.29, 0.717) is 11.1 Å². The number of carbonyl (C=O) groups is 1. The van der Waals surface area contributed by atoms with Crippen molar-refractivity contribution in [2.75, 3.05) is 6.61 Å². The highest BCUT2D eigenvalue weighted by Crippen LogP contribution is 2.30. The largest absolute Gasteiger partial charge is 0.484 e. The Morgan fingerprint density at radius 2 is 1.81 bits per heavy atom. The molecule has 0 saturated heterocycles. The van der Waals surface area contributed by atoms with Crippen LogP contribution in [0.1, 0.15) is 44.2 Å². The van der Waals surface area contributed by atoms with E-state index in [1.807, 2.05) is 0 Å². The van der Waals surface area contributed by atoms with Gasteiger partial charge >= 0.3 is 6.18 Å². The molecular formula is C19H21F3N2O2. The van der Waals surface area contributed by atoms with Gasteiger partial charge in [0.2, 0.25) is 0 Å². The molecule has 0 atom stereocenters. The van der Waals surface area contributed by atoms with E-state index in [2.05, 4.69) is 10.3 Å². The highest BCUT2D eigenvalue weighted by Gasteiger charge is 2.32. The van der Waals surface area contributed by atoms with Crippen LogP contribution in [0.4, 0.5) is 13.2 Å². The summed E-state index contributed by atoms with van der Waals surface area (Å²) in [5.74, 6) is 0.106. The Morgan fingerprint density at radius 3 is 2.50 bits per heavy atom. The van der Waals surface area contributed by atoms with Crippen molar-refractivity contribution in [3.63, 3.8) is 0 Å². The average molecular weight is 366 g/mol. The second kappa shape index (κ2) is 7.93. The van der Waals surface area contributed by atoms with E-state index in [9.17, 15) is 18.0 Å². The van der Waals surface area contributed by atoms with Crippen molar-refractivity contribution < 1.29 is 22.7 Å². The molecule has 1 aliphatic carbocycles. The lowest BCUT2D eigenvalue weighted by atomic mass is 10.1. The monoisotopic (exact) mass is 366 g/mol. The summed E-state index contributed by atoms with van der Waals surface area (Å²) in [4.78, 5) is 15.7. The summed E-state index contributed by atoms with van der Waals surface area (Å²) in [5.41, 5.74) is -0.769. The molecule has 1 fully saturated rings. The van der Waals surface area contributed by atoms with Crippen LogP contribution in [0.15, 0.2) is 30.3 Å². The van der Waals surface area contributed by atoms with Gasteiger partial charge in [0.25, 0.3) is 5.91 Å². The van der Waals surface area contributed by atoms with Crippen LogP contribution < -0.4 is 10.1 Å². The third-order valence-corrected chi connectivity index (χ3v) is 4.54. The van der Waals surface area contributed by atoms with Crippen LogP contribution in [0, 0.1) is 0 Å². The number of rotatable bonds is 4. The normalized spacial score (nSPS) is 16.3. The van der Waals surface area contributed by atoms with Crippen LogP contribution in [0.3, 0.4) is 0 Å². The van der Waals surface area contributed by atoms with Gasteiger partial charge in [0, 0.05) is 17.5 Å². The number of aromatic nitrogens is 1. The summed E-state index contributed by atoms with van der Waals surface area (Å²) in [6, 6.07) is 7.17. The number of carbonyl (C=O) groups excluding carboxylic acids is 1. The molecule has 1 aromatic carbocycles. The molecular weight excluding hydrogens is 345 g/mol. The Labute approximate surface area is 149 Å². The number of hydrogen-bond donors (Lipinski definition) is 1. The van der Waals surface area contributed by atoms with E-state index < -0.39 is 11.9 Å². The molecule has 1 N–H and O–H groups in total. The van der Waals surface area contributed by atoms with Crippen molar-refractivity contribution in [2.24, 2.45) is 0 Å². The standard InChI is InChI=1S/C19H21F3N2O2/c20-19(21,22)17-10-8-13-7-9-15(11-16(13)24-17)26-12-18(25)23-14-5-3-1-2-4-6-14/h7-11,14H,1-6,12H2,(H,23,25). The lowest BCUT2D eigenvalue weighted by molar-refractivity contribution is -0.141. The number of benzene rings is 1. The molecule has 1 aromatic heterocycles. The molecule has 2 aromatic rings. The molecule has 0 bridgehead atoms. The first-order chi connectivity index (χ1) is 12.4. The summed E-state index contributed by atoms with van der Waals surface area (Å²) in [6.07, 6.45) is 2.09. The molecule has 140 valence electrons. The van der Waals surface area contributed by atoms with Gasteiger partial charge in [0.1, 0.15) is 11.4 Å². The second-order valence-electron chi connectivity index (χ2n) is 6.59. The van der Waals surface area contributed by atoms with E-state index >= 15 is 0 Å². The van der Waals surface area contributed by atoms with Crippen LogP contribution >= 0.6 is 0 Å². The quantitative estimate of drug-likeness (QED) is 0.812. The number of nitrogens with one attached hydrogen (secondary N) is 1. The molecule has 1 saturated carbocycles. The number of nitrogens with zero attached hydrogens (tertiary/aromatic N) is 1. The molecule has 0 spiro atoms. The number of pyridine rings is 1. The number of alkyl halides is 3. The molecule has 0 radical (unpaired) electrons. The third kappa shape index (κ3) is 4.86. The molecule has 1 aliphatic rings. The molecule has 4 nitrogen and oxygen atoms in total. The fourth-order valence-electron chi connectivity index (χ4n) is 3.19. The predicted molar refractivity (Wildman–Crippen MR) is 91.9 cm³/mol. The van der Waals surface area contributed by atoms with Gasteiger partial charge in [-0.1, -0.05) is 31.7 Å². The van der Waals surface area contributed by atoms with E-state index in [0.717, 1.165) is 31.7 Å². The Hall–Kier alpha value is -2.31. The second-order valence-corrected chi connectivity index (χ2v) is 6.59. The number of halogens is 3. The zero-order chi connectivity index (χ0) is 18.6. The topological polar surface area (TPSA) is 51.2 Å². The van der Waals surface area contributed by atoms with Crippen LogP contribution in [0.2, 0.25) is 0 Å². The molecule has 0 aliphatic heterocycles. The van der Waals surface area contributed by atoms with E-state index in [1.54, 1.807) is 12.1 Å². The summed E-state index contributed by atoms with van der Waals surface area (Å²) in [5, 5.41) is 3.54. The number of hydrogen-bond acceptors (Lipinski definition) is 3. The minimum atomic E-state index is -4.50. The van der Waals surface area contributed by atoms with Crippen molar-refractivity contribution >= 4 is 16.8 Å². The van der Waals surface area contributed by atoms with Crippen LogP contribution in [0.5, 0.6) is 5.75 Å². The minimum absolute atomic E-state index is 0.166. The molecule has 1 amide bonds. The van der Waals surface area contributed by atoms with Crippen LogP contribution in [-0.2, 0) is 11.0 Å². The summed E-state index contributed by atoms with van der Waals surface area (Å²) in [7, 11) is 0. The number of ether oxygens (including phenoxy) is 1. The zero-order valence-electron chi connectivity index (χ0n) is 14.3. The smallest absolute Gasteiger partial charge is 0.433 e. The zero-order valence-corrected chi connectivity index (χ0v) is 14.3. The SMILES string of the molecule is O=C(COc1ccc2ccc(C(F)(F)F)nc2c1)NC1CCCCCC1. The predicted octanol–water partition coefficient (Wildman–Crippen LogP) is 4.47. The van der Waals surface area contributed by atoms with Crippen molar-refractivity contribution in [3.05, 3.63) is 36.0 Å². The fraction of sp³-hybridized carbons (Fsp3) is 0.474. The summed E-state index contributed by atoms with van der Waals surface area (Å²) < 4.78 is 43.8. The van der Waals surface area contributed by atoms with Crippen LogP contribution in [-0.4, -0.2) is 23.5 Å². The van der Waals surface area contributed by atoms with Gasteiger partial charge in [0.15, 0.2) is 6.61 Å². The Bertz CT molecular complexity index is 769. The minimum Gasteiger partial charge on any atom is -0.484 e. The van der Waals surface area contributed by atoms with Gasteiger partial charge in [0.05, 0.1) is 5.52 Å². The van der Waals surface area contributed by atoms with Gasteiger partial charge in [-0.05, 0) is 31.0 Å². The van der Waals surface area contributed by atoms with Crippen LogP contribution in [0.25, 0.3) is 10.9 Å². The molecule has 3 rings (SSSR count). The highest BCUT2D eigenvalue weighted by atomic mass is 19.4. The fourth-order valence-corrected chi connectivity index (χ4v) is 3.19. The van der Waals surface area contributed by atoms with Gasteiger partial charge in [-0.25, -0.2) is 4.98 Å². The van der Waals surface area contributed by atoms with Gasteiger partial charge in [-0.2, -0.15) is 13.2 Å². The van der Waals surface area contributed by atoms with Gasteiger partial charge in [-0.3, -0.25) is 4.79 Å². The van der Waals surface area contributed by atoms with E-state index in [1.165, 1.54) is 25.0 Å². The Balaban J connectivity index is 1.62. The van der Waals surface area contributed by atoms with E-state index in [-0.39, 0.29) is 24.1 Å². The lowest BCUT2D eigenvalue weighted by Crippen LogP contribution is -2.37. The Morgan fingerprint density at radius 1 is 1.12 bits per heavy atom. The summed E-state index contributed by atoms with van der Waals surface area (Å²) >= 11 is 0. The van der Waals surface area contributed by atoms with Crippen molar-refractivity contribution in [1.82, 2.24) is 10.3 Å². The molecule has 1 heterocycles. The van der Waals surface area contributed by atoms with Crippen molar-refractivity contribution in [2.45, 2.75) is 50.7 Å². The maximum absolute atomic E-state index is 12.8. The average Bonchev–Trinajstić information content (AvgIpc) is 2.87. The Kier molecular flexibility index (Phi) is 5.64. The summed E-state index contributed by atoms with van der Waals surface area (Å²) in [6.45, 7) is -0.166. The molecule has 26 heavy (non-hydrogen) atoms. The molecule has 0 unspecified atom stereocenters. The van der Waals surface area contributed by atoms with Gasteiger partial charge in [-0.15, -0.1) is 0 Å². The number of fused-ring (bicyclic) bond motifs is 1. The lowest BCUT2D eigenvalue weighted by Gasteiger charge is -2.16. The number of amides is 1. The highest BCUT2D eigenvalue weighted by molar-refractivity contribution is 5.81. The van der Waals surface area contributed by atoms with E-state index in [4.69, 9.17) is 4.74 Å². The van der Waals surface area contributed by atoms with Crippen molar-refractivity contribution in [3.8, 4) is 5.75 Å². The van der Waals surface area contributed by atoms with Gasteiger partial charge < -0.3 is 10.1 Å². The van der Waals surface area contributed by atoms with Crippen molar-refractivity contribution in [1.29, 1.82) is 0 Å². The first-order valence-electron chi connectivity index (χ1n) is 8.82. The first-order valence-corrected chi connectivity index (χ1v) is 8.82. The first kappa shape index (κ1) is 18.5. The third-order valence-electron chi connectivity index (χ3n) is 4.54. The maximum atomic E-state index is 12.8.